The summed E-state index contributed by atoms with van der Waals surface area (Å²) in [5.41, 5.74) is 0.645. The van der Waals surface area contributed by atoms with E-state index in [9.17, 15) is 9.90 Å². The highest BCUT2D eigenvalue weighted by Gasteiger charge is 2.30. The van der Waals surface area contributed by atoms with Crippen molar-refractivity contribution in [2.24, 2.45) is 11.3 Å². The third kappa shape index (κ3) is 4.07. The van der Waals surface area contributed by atoms with Crippen LogP contribution < -0.4 is 5.32 Å². The molecule has 1 atom stereocenters. The van der Waals surface area contributed by atoms with Gasteiger partial charge in [-0.2, -0.15) is 5.26 Å². The van der Waals surface area contributed by atoms with E-state index < -0.39 is 11.5 Å². The van der Waals surface area contributed by atoms with E-state index in [0.29, 0.717) is 17.7 Å². The first kappa shape index (κ1) is 16.2. The lowest BCUT2D eigenvalue weighted by molar-refractivity contribution is 0.0138. The molecule has 108 valence electrons. The van der Waals surface area contributed by atoms with E-state index in [4.69, 9.17) is 5.26 Å². The lowest BCUT2D eigenvalue weighted by Crippen LogP contribution is -2.43. The number of nitrogens with one attached hydrogen (secondary N) is 1. The maximum absolute atomic E-state index is 12.0. The second-order valence-electron chi connectivity index (χ2n) is 6.05. The number of nitriles is 1. The Balaban J connectivity index is 2.65. The van der Waals surface area contributed by atoms with E-state index in [1.165, 1.54) is 0 Å². The molecule has 4 heteroatoms. The first-order valence-electron chi connectivity index (χ1n) is 6.74. The van der Waals surface area contributed by atoms with Gasteiger partial charge in [-0.3, -0.25) is 4.79 Å². The summed E-state index contributed by atoms with van der Waals surface area (Å²) in [4.78, 5) is 12.0. The average molecular weight is 274 g/mol. The SMILES string of the molecule is CC(C)C(O)C(C)(C)CNC(=O)c1ccc(C#N)cc1. The molecule has 0 saturated heterocycles. The topological polar surface area (TPSA) is 73.1 Å². The van der Waals surface area contributed by atoms with E-state index in [-0.39, 0.29) is 11.8 Å². The molecule has 1 aromatic carbocycles. The molecular formula is C16H22N2O2. The highest BCUT2D eigenvalue weighted by Crippen LogP contribution is 2.25. The summed E-state index contributed by atoms with van der Waals surface area (Å²) in [7, 11) is 0. The molecule has 0 heterocycles. The van der Waals surface area contributed by atoms with Crippen molar-refractivity contribution < 1.29 is 9.90 Å². The number of nitrogens with zero attached hydrogens (tertiary/aromatic N) is 1. The number of carbonyl (C=O) groups is 1. The predicted octanol–water partition coefficient (Wildman–Crippen LogP) is 2.33. The normalized spacial score (nSPS) is 12.8. The fourth-order valence-corrected chi connectivity index (χ4v) is 2.11. The fraction of sp³-hybridized carbons (Fsp3) is 0.500. The molecule has 1 aromatic rings. The van der Waals surface area contributed by atoms with Gasteiger partial charge in [0, 0.05) is 17.5 Å². The lowest BCUT2D eigenvalue weighted by Gasteiger charge is -2.33. The van der Waals surface area contributed by atoms with Gasteiger partial charge in [0.1, 0.15) is 0 Å². The van der Waals surface area contributed by atoms with Gasteiger partial charge in [0.15, 0.2) is 0 Å². The molecule has 0 radical (unpaired) electrons. The van der Waals surface area contributed by atoms with Crippen molar-refractivity contribution in [3.63, 3.8) is 0 Å². The third-order valence-electron chi connectivity index (χ3n) is 3.41. The average Bonchev–Trinajstić information content (AvgIpc) is 2.44. The molecule has 0 saturated carbocycles. The maximum Gasteiger partial charge on any atom is 0.251 e. The van der Waals surface area contributed by atoms with Crippen LogP contribution in [0.2, 0.25) is 0 Å². The Labute approximate surface area is 120 Å². The zero-order chi connectivity index (χ0) is 15.3. The quantitative estimate of drug-likeness (QED) is 0.865. The molecule has 1 rings (SSSR count). The van der Waals surface area contributed by atoms with E-state index in [2.05, 4.69) is 5.32 Å². The summed E-state index contributed by atoms with van der Waals surface area (Å²) >= 11 is 0. The van der Waals surface area contributed by atoms with Crippen LogP contribution in [-0.4, -0.2) is 23.7 Å². The summed E-state index contributed by atoms with van der Waals surface area (Å²) in [6.07, 6.45) is -0.483. The van der Waals surface area contributed by atoms with Crippen LogP contribution >= 0.6 is 0 Å². The summed E-state index contributed by atoms with van der Waals surface area (Å²) < 4.78 is 0. The second-order valence-corrected chi connectivity index (χ2v) is 6.05. The number of benzene rings is 1. The van der Waals surface area contributed by atoms with Gasteiger partial charge >= 0.3 is 0 Å². The van der Waals surface area contributed by atoms with Gasteiger partial charge < -0.3 is 10.4 Å². The molecule has 0 aliphatic rings. The lowest BCUT2D eigenvalue weighted by atomic mass is 9.80. The number of amides is 1. The van der Waals surface area contributed by atoms with Crippen LogP contribution in [0, 0.1) is 22.7 Å². The van der Waals surface area contributed by atoms with Gasteiger partial charge in [-0.15, -0.1) is 0 Å². The smallest absolute Gasteiger partial charge is 0.251 e. The van der Waals surface area contributed by atoms with Crippen LogP contribution in [0.25, 0.3) is 0 Å². The van der Waals surface area contributed by atoms with Gasteiger partial charge in [-0.25, -0.2) is 0 Å². The molecule has 20 heavy (non-hydrogen) atoms. The molecule has 1 amide bonds. The molecule has 0 fully saturated rings. The van der Waals surface area contributed by atoms with Gasteiger partial charge in [0.2, 0.25) is 0 Å². The van der Waals surface area contributed by atoms with Gasteiger partial charge in [0.25, 0.3) is 5.91 Å². The number of hydrogen-bond donors (Lipinski definition) is 2. The van der Waals surface area contributed by atoms with Crippen molar-refractivity contribution in [3.8, 4) is 6.07 Å². The number of hydrogen-bond acceptors (Lipinski definition) is 3. The van der Waals surface area contributed by atoms with Crippen molar-refractivity contribution in [3.05, 3.63) is 35.4 Å². The number of rotatable bonds is 5. The molecule has 1 unspecified atom stereocenters. The summed E-state index contributed by atoms with van der Waals surface area (Å²) in [6, 6.07) is 8.49. The Morgan fingerprint density at radius 3 is 2.35 bits per heavy atom. The molecule has 0 bridgehead atoms. The monoisotopic (exact) mass is 274 g/mol. The van der Waals surface area contributed by atoms with Crippen molar-refractivity contribution in [2.75, 3.05) is 6.54 Å². The van der Waals surface area contributed by atoms with Crippen LogP contribution in [0.4, 0.5) is 0 Å². The van der Waals surface area contributed by atoms with Crippen LogP contribution in [-0.2, 0) is 0 Å². The Morgan fingerprint density at radius 2 is 1.90 bits per heavy atom. The van der Waals surface area contributed by atoms with Crippen molar-refractivity contribution >= 4 is 5.91 Å². The van der Waals surface area contributed by atoms with Crippen LogP contribution in [0.1, 0.15) is 43.6 Å². The molecule has 2 N–H and O–H groups in total. The zero-order valence-corrected chi connectivity index (χ0v) is 12.5. The van der Waals surface area contributed by atoms with Crippen molar-refractivity contribution in [1.29, 1.82) is 5.26 Å². The fourth-order valence-electron chi connectivity index (χ4n) is 2.11. The predicted molar refractivity (Wildman–Crippen MR) is 78.1 cm³/mol. The highest BCUT2D eigenvalue weighted by atomic mass is 16.3. The van der Waals surface area contributed by atoms with E-state index in [1.54, 1.807) is 24.3 Å². The molecule has 0 aromatic heterocycles. The first-order chi connectivity index (χ1) is 9.27. The summed E-state index contributed by atoms with van der Waals surface area (Å²) in [5, 5.41) is 21.7. The Kier molecular flexibility index (Phi) is 5.29. The molecular weight excluding hydrogens is 252 g/mol. The minimum Gasteiger partial charge on any atom is -0.392 e. The number of aliphatic hydroxyl groups is 1. The highest BCUT2D eigenvalue weighted by molar-refractivity contribution is 5.94. The Morgan fingerprint density at radius 1 is 1.35 bits per heavy atom. The van der Waals surface area contributed by atoms with Crippen LogP contribution in [0.5, 0.6) is 0 Å². The zero-order valence-electron chi connectivity index (χ0n) is 12.5. The Bertz CT molecular complexity index is 498. The second kappa shape index (κ2) is 6.53. The van der Waals surface area contributed by atoms with E-state index in [0.717, 1.165) is 0 Å². The van der Waals surface area contributed by atoms with Gasteiger partial charge in [-0.05, 0) is 30.2 Å². The number of aliphatic hydroxyl groups excluding tert-OH is 1. The van der Waals surface area contributed by atoms with Gasteiger partial charge in [0.05, 0.1) is 17.7 Å². The molecule has 0 aliphatic carbocycles. The molecule has 0 aliphatic heterocycles. The molecule has 0 spiro atoms. The summed E-state index contributed by atoms with van der Waals surface area (Å²) in [5.74, 6) is -0.0599. The van der Waals surface area contributed by atoms with Crippen molar-refractivity contribution in [2.45, 2.75) is 33.8 Å². The van der Waals surface area contributed by atoms with E-state index in [1.807, 2.05) is 33.8 Å². The van der Waals surface area contributed by atoms with Crippen LogP contribution in [0.3, 0.4) is 0 Å². The standard InChI is InChI=1S/C16H22N2O2/c1-11(2)14(19)16(3,4)10-18-15(20)13-7-5-12(9-17)6-8-13/h5-8,11,14,19H,10H2,1-4H3,(H,18,20). The number of carbonyl (C=O) groups excluding carboxylic acids is 1. The minimum absolute atomic E-state index is 0.136. The third-order valence-corrected chi connectivity index (χ3v) is 3.41. The molecule has 4 nitrogen and oxygen atoms in total. The minimum atomic E-state index is -0.483. The summed E-state index contributed by atoms with van der Waals surface area (Å²) in [6.45, 7) is 8.16. The van der Waals surface area contributed by atoms with Crippen LogP contribution in [0.15, 0.2) is 24.3 Å². The largest absolute Gasteiger partial charge is 0.392 e. The Hall–Kier alpha value is -1.86. The first-order valence-corrected chi connectivity index (χ1v) is 6.74. The van der Waals surface area contributed by atoms with Gasteiger partial charge in [-0.1, -0.05) is 27.7 Å². The van der Waals surface area contributed by atoms with E-state index >= 15 is 0 Å². The van der Waals surface area contributed by atoms with Crippen molar-refractivity contribution in [1.82, 2.24) is 5.32 Å². The maximum atomic E-state index is 12.0.